The summed E-state index contributed by atoms with van der Waals surface area (Å²) in [4.78, 5) is 47.1. The first-order valence-electron chi connectivity index (χ1n) is 16.6. The summed E-state index contributed by atoms with van der Waals surface area (Å²) in [5, 5.41) is 14.1. The topological polar surface area (TPSA) is 140 Å². The Labute approximate surface area is 287 Å². The van der Waals surface area contributed by atoms with Crippen LogP contribution in [0.3, 0.4) is 0 Å². The number of benzene rings is 2. The molecule has 1 aromatic heterocycles. The maximum absolute atomic E-state index is 13.9. The zero-order chi connectivity index (χ0) is 34.6. The first-order valence-corrected chi connectivity index (χ1v) is 17.0. The SMILES string of the molecule is CCOc1cc(CN2CCCNC(=O)Cn3nc(C)nc3[C@H](C(C)C)NC(=O)[C@@H](Cc3ccccc3)NC(=O)CCC2)c(Cl)cc1OC. The molecule has 2 aromatic carbocycles. The van der Waals surface area contributed by atoms with Gasteiger partial charge < -0.3 is 25.4 Å². The van der Waals surface area contributed by atoms with Gasteiger partial charge in [0.1, 0.15) is 18.4 Å². The van der Waals surface area contributed by atoms with Crippen molar-refractivity contribution < 1.29 is 23.9 Å². The van der Waals surface area contributed by atoms with Crippen molar-refractivity contribution in [3.63, 3.8) is 0 Å². The molecule has 1 aliphatic heterocycles. The molecule has 12 nitrogen and oxygen atoms in total. The Kier molecular flexibility index (Phi) is 13.6. The Balaban J connectivity index is 1.59. The van der Waals surface area contributed by atoms with E-state index in [9.17, 15) is 14.4 Å². The van der Waals surface area contributed by atoms with Gasteiger partial charge in [-0.15, -0.1) is 0 Å². The van der Waals surface area contributed by atoms with Gasteiger partial charge in [0.25, 0.3) is 0 Å². The van der Waals surface area contributed by atoms with E-state index < -0.39 is 12.1 Å². The van der Waals surface area contributed by atoms with E-state index in [4.69, 9.17) is 21.1 Å². The summed E-state index contributed by atoms with van der Waals surface area (Å²) < 4.78 is 12.8. The molecule has 2 atom stereocenters. The lowest BCUT2D eigenvalue weighted by atomic mass is 10.0. The lowest BCUT2D eigenvalue weighted by Crippen LogP contribution is -2.50. The number of hydrogen-bond donors (Lipinski definition) is 3. The number of nitrogens with zero attached hydrogens (tertiary/aromatic N) is 4. The Morgan fingerprint density at radius 1 is 1.02 bits per heavy atom. The third kappa shape index (κ3) is 10.4. The predicted molar refractivity (Wildman–Crippen MR) is 184 cm³/mol. The average molecular weight is 682 g/mol. The molecule has 260 valence electrons. The van der Waals surface area contributed by atoms with Crippen LogP contribution in [0.4, 0.5) is 0 Å². The van der Waals surface area contributed by atoms with E-state index in [0.29, 0.717) is 80.2 Å². The van der Waals surface area contributed by atoms with Crippen LogP contribution in [0.15, 0.2) is 42.5 Å². The molecular formula is C35H48ClN7O5. The van der Waals surface area contributed by atoms with E-state index in [2.05, 4.69) is 30.9 Å². The summed E-state index contributed by atoms with van der Waals surface area (Å²) in [6, 6.07) is 11.9. The fourth-order valence-corrected chi connectivity index (χ4v) is 5.96. The van der Waals surface area contributed by atoms with E-state index in [1.54, 1.807) is 24.8 Å². The zero-order valence-electron chi connectivity index (χ0n) is 28.6. The maximum Gasteiger partial charge on any atom is 0.243 e. The van der Waals surface area contributed by atoms with E-state index in [1.165, 1.54) is 0 Å². The second-order valence-corrected chi connectivity index (χ2v) is 12.7. The van der Waals surface area contributed by atoms with Crippen molar-refractivity contribution in [2.75, 3.05) is 33.4 Å². The van der Waals surface area contributed by atoms with Crippen LogP contribution in [0.25, 0.3) is 0 Å². The van der Waals surface area contributed by atoms with Crippen molar-refractivity contribution in [1.29, 1.82) is 0 Å². The lowest BCUT2D eigenvalue weighted by Gasteiger charge is -2.26. The minimum atomic E-state index is -0.813. The van der Waals surface area contributed by atoms with Gasteiger partial charge in [-0.1, -0.05) is 55.8 Å². The quantitative estimate of drug-likeness (QED) is 0.325. The molecule has 0 saturated carbocycles. The summed E-state index contributed by atoms with van der Waals surface area (Å²) in [7, 11) is 1.57. The highest BCUT2D eigenvalue weighted by atomic mass is 35.5. The van der Waals surface area contributed by atoms with Gasteiger partial charge in [0.2, 0.25) is 17.7 Å². The number of fused-ring (bicyclic) bond motifs is 1. The molecule has 1 aliphatic rings. The van der Waals surface area contributed by atoms with Gasteiger partial charge in [0, 0.05) is 43.6 Å². The third-order valence-corrected chi connectivity index (χ3v) is 8.51. The van der Waals surface area contributed by atoms with Crippen molar-refractivity contribution in [3.05, 3.63) is 70.3 Å². The highest BCUT2D eigenvalue weighted by molar-refractivity contribution is 6.31. The van der Waals surface area contributed by atoms with Gasteiger partial charge in [-0.05, 0) is 56.3 Å². The number of amides is 3. The first kappa shape index (κ1) is 36.7. The molecule has 4 rings (SSSR count). The largest absolute Gasteiger partial charge is 0.493 e. The maximum atomic E-state index is 13.9. The average Bonchev–Trinajstić information content (AvgIpc) is 3.41. The normalized spacial score (nSPS) is 19.0. The smallest absolute Gasteiger partial charge is 0.243 e. The van der Waals surface area contributed by atoms with Crippen LogP contribution >= 0.6 is 11.6 Å². The molecule has 3 N–H and O–H groups in total. The second kappa shape index (κ2) is 17.8. The zero-order valence-corrected chi connectivity index (χ0v) is 29.3. The monoisotopic (exact) mass is 681 g/mol. The number of ether oxygens (including phenoxy) is 2. The summed E-state index contributed by atoms with van der Waals surface area (Å²) >= 11 is 6.66. The number of carbonyl (C=O) groups is 3. The van der Waals surface area contributed by atoms with Crippen LogP contribution in [-0.4, -0.2) is 76.8 Å². The predicted octanol–water partition coefficient (Wildman–Crippen LogP) is 3.99. The summed E-state index contributed by atoms with van der Waals surface area (Å²) in [6.07, 6.45) is 1.78. The number of carbonyl (C=O) groups excluding carboxylic acids is 3. The number of halogens is 1. The van der Waals surface area contributed by atoms with E-state index in [1.807, 2.05) is 57.2 Å². The summed E-state index contributed by atoms with van der Waals surface area (Å²) in [6.45, 7) is 10.3. The van der Waals surface area contributed by atoms with Gasteiger partial charge in [-0.25, -0.2) is 9.67 Å². The fourth-order valence-electron chi connectivity index (χ4n) is 5.75. The number of rotatable bonds is 8. The molecule has 0 fully saturated rings. The molecule has 0 spiro atoms. The second-order valence-electron chi connectivity index (χ2n) is 12.3. The van der Waals surface area contributed by atoms with Gasteiger partial charge in [-0.3, -0.25) is 19.3 Å². The molecular weight excluding hydrogens is 634 g/mol. The molecule has 0 saturated heterocycles. The number of aryl methyl sites for hydroxylation is 1. The summed E-state index contributed by atoms with van der Waals surface area (Å²) in [5.74, 6) is 1.36. The van der Waals surface area contributed by atoms with Crippen molar-refractivity contribution in [2.24, 2.45) is 5.92 Å². The van der Waals surface area contributed by atoms with E-state index in [0.717, 1.165) is 11.1 Å². The molecule has 3 aromatic rings. The van der Waals surface area contributed by atoms with E-state index >= 15 is 0 Å². The van der Waals surface area contributed by atoms with Crippen molar-refractivity contribution >= 4 is 29.3 Å². The van der Waals surface area contributed by atoms with Crippen molar-refractivity contribution in [3.8, 4) is 11.5 Å². The van der Waals surface area contributed by atoms with E-state index in [-0.39, 0.29) is 36.6 Å². The van der Waals surface area contributed by atoms with Crippen LogP contribution in [0.5, 0.6) is 11.5 Å². The number of nitrogens with one attached hydrogen (secondary N) is 3. The molecule has 3 amide bonds. The lowest BCUT2D eigenvalue weighted by molar-refractivity contribution is -0.129. The first-order chi connectivity index (χ1) is 23.1. The molecule has 0 bridgehead atoms. The van der Waals surface area contributed by atoms with Crippen LogP contribution in [0.2, 0.25) is 5.02 Å². The fraction of sp³-hybridized carbons (Fsp3) is 0.514. The molecule has 13 heteroatoms. The van der Waals surface area contributed by atoms with Gasteiger partial charge >= 0.3 is 0 Å². The van der Waals surface area contributed by atoms with Crippen LogP contribution < -0.4 is 25.4 Å². The number of hydrogen-bond acceptors (Lipinski definition) is 8. The highest BCUT2D eigenvalue weighted by Gasteiger charge is 2.30. The van der Waals surface area contributed by atoms with Crippen molar-refractivity contribution in [1.82, 2.24) is 35.6 Å². The standard InChI is InChI=1S/C35H48ClN7O5/c1-6-48-30-19-26(27(36)20-29(30)47-5)21-42-16-10-14-31(44)39-28(18-25-12-8-7-9-13-25)35(46)40-33(23(2)3)34-38-24(4)41-43(34)22-32(45)37-15-11-17-42/h7-9,12-13,19-20,23,28,33H,6,10-11,14-18,21-22H2,1-5H3,(H,37,45)(H,39,44)(H,40,46)/t28-,33+/m1/s1. The Morgan fingerprint density at radius 3 is 2.48 bits per heavy atom. The minimum Gasteiger partial charge on any atom is -0.493 e. The Hall–Kier alpha value is -4.16. The van der Waals surface area contributed by atoms with Crippen molar-refractivity contribution in [2.45, 2.75) is 78.6 Å². The van der Waals surface area contributed by atoms with Gasteiger partial charge in [-0.2, -0.15) is 5.10 Å². The molecule has 2 heterocycles. The molecule has 0 aliphatic carbocycles. The number of aromatic nitrogens is 3. The Bertz CT molecular complexity index is 1530. The molecule has 0 unspecified atom stereocenters. The van der Waals surface area contributed by atoms with Gasteiger partial charge in [0.15, 0.2) is 17.3 Å². The van der Waals surface area contributed by atoms with Crippen LogP contribution in [0.1, 0.15) is 68.9 Å². The summed E-state index contributed by atoms with van der Waals surface area (Å²) in [5.41, 5.74) is 1.79. The van der Waals surface area contributed by atoms with Crippen LogP contribution in [0, 0.1) is 12.8 Å². The number of methoxy groups -OCH3 is 1. The van der Waals surface area contributed by atoms with Crippen LogP contribution in [-0.2, 0) is 33.9 Å². The molecule has 48 heavy (non-hydrogen) atoms. The third-order valence-electron chi connectivity index (χ3n) is 8.15. The minimum absolute atomic E-state index is 0.0369. The Morgan fingerprint density at radius 2 is 1.77 bits per heavy atom. The molecule has 0 radical (unpaired) electrons. The van der Waals surface area contributed by atoms with Gasteiger partial charge in [0.05, 0.1) is 19.8 Å². The highest BCUT2D eigenvalue weighted by Crippen LogP contribution is 2.34.